The molecule has 1 heterocycles. The van der Waals surface area contributed by atoms with E-state index in [1.54, 1.807) is 0 Å². The van der Waals surface area contributed by atoms with E-state index in [0.717, 1.165) is 19.5 Å². The number of likely N-dealkylation sites (N-methyl/N-ethyl adjacent to an activating group) is 1. The second-order valence-corrected chi connectivity index (χ2v) is 5.31. The Bertz CT molecular complexity index is 464. The minimum Gasteiger partial charge on any atom is -0.337 e. The van der Waals surface area contributed by atoms with Gasteiger partial charge in [0.2, 0.25) is 0 Å². The Morgan fingerprint density at radius 2 is 2.22 bits per heavy atom. The number of benzene rings is 1. The highest BCUT2D eigenvalue weighted by Crippen LogP contribution is 2.19. The second-order valence-electron chi connectivity index (χ2n) is 4.82. The van der Waals surface area contributed by atoms with Crippen LogP contribution in [0, 0.1) is 5.82 Å². The number of rotatable bonds is 2. The standard InChI is InChI=1S/C13H17FN2OS/c1-15(2)10-5-6-16(8-10)13(17)9-3-4-11(14)12(18)7-9/h3-4,7,10,18H,5-6,8H2,1-2H3. The first-order valence-electron chi connectivity index (χ1n) is 5.93. The van der Waals surface area contributed by atoms with E-state index >= 15 is 0 Å². The molecule has 0 spiro atoms. The Balaban J connectivity index is 2.10. The molecule has 1 aromatic carbocycles. The van der Waals surface area contributed by atoms with Gasteiger partial charge in [0.25, 0.3) is 5.91 Å². The molecule has 1 aromatic rings. The fourth-order valence-electron chi connectivity index (χ4n) is 2.18. The van der Waals surface area contributed by atoms with Crippen molar-refractivity contribution in [2.45, 2.75) is 17.4 Å². The molecule has 0 aliphatic carbocycles. The van der Waals surface area contributed by atoms with Gasteiger partial charge in [-0.05, 0) is 38.7 Å². The van der Waals surface area contributed by atoms with E-state index in [-0.39, 0.29) is 10.8 Å². The molecule has 0 radical (unpaired) electrons. The minimum atomic E-state index is -0.400. The molecular weight excluding hydrogens is 251 g/mol. The lowest BCUT2D eigenvalue weighted by Crippen LogP contribution is -2.34. The average Bonchev–Trinajstić information content (AvgIpc) is 2.81. The number of hydrogen-bond acceptors (Lipinski definition) is 3. The van der Waals surface area contributed by atoms with Gasteiger partial charge in [-0.2, -0.15) is 0 Å². The molecule has 1 saturated heterocycles. The Morgan fingerprint density at radius 3 is 2.78 bits per heavy atom. The first-order chi connectivity index (χ1) is 8.49. The van der Waals surface area contributed by atoms with Crippen LogP contribution >= 0.6 is 12.6 Å². The lowest BCUT2D eigenvalue weighted by atomic mass is 10.2. The number of amides is 1. The van der Waals surface area contributed by atoms with Gasteiger partial charge in [0.1, 0.15) is 5.82 Å². The third kappa shape index (κ3) is 2.67. The van der Waals surface area contributed by atoms with Crippen LogP contribution in [-0.2, 0) is 0 Å². The van der Waals surface area contributed by atoms with Gasteiger partial charge in [-0.15, -0.1) is 12.6 Å². The van der Waals surface area contributed by atoms with Crippen molar-refractivity contribution < 1.29 is 9.18 Å². The lowest BCUT2D eigenvalue weighted by Gasteiger charge is -2.20. The maximum atomic E-state index is 13.1. The Kier molecular flexibility index (Phi) is 3.92. The Labute approximate surface area is 112 Å². The zero-order chi connectivity index (χ0) is 13.3. The molecule has 3 nitrogen and oxygen atoms in total. The van der Waals surface area contributed by atoms with Crippen LogP contribution in [0.25, 0.3) is 0 Å². The van der Waals surface area contributed by atoms with E-state index in [9.17, 15) is 9.18 Å². The number of halogens is 1. The van der Waals surface area contributed by atoms with E-state index in [1.807, 2.05) is 19.0 Å². The van der Waals surface area contributed by atoms with Crippen LogP contribution < -0.4 is 0 Å². The zero-order valence-corrected chi connectivity index (χ0v) is 11.5. The van der Waals surface area contributed by atoms with Crippen molar-refractivity contribution in [3.63, 3.8) is 0 Å². The molecule has 2 rings (SSSR count). The summed E-state index contributed by atoms with van der Waals surface area (Å²) in [7, 11) is 4.03. The lowest BCUT2D eigenvalue weighted by molar-refractivity contribution is 0.0782. The quantitative estimate of drug-likeness (QED) is 0.828. The molecule has 1 aliphatic heterocycles. The molecule has 1 atom stereocenters. The molecule has 5 heteroatoms. The number of carbonyl (C=O) groups excluding carboxylic acids is 1. The third-order valence-corrected chi connectivity index (χ3v) is 3.72. The highest BCUT2D eigenvalue weighted by molar-refractivity contribution is 7.80. The molecule has 0 N–H and O–H groups in total. The third-order valence-electron chi connectivity index (χ3n) is 3.37. The SMILES string of the molecule is CN(C)C1CCN(C(=O)c2ccc(F)c(S)c2)C1. The molecule has 18 heavy (non-hydrogen) atoms. The molecular formula is C13H17FN2OS. The van der Waals surface area contributed by atoms with E-state index in [0.29, 0.717) is 11.6 Å². The highest BCUT2D eigenvalue weighted by atomic mass is 32.1. The van der Waals surface area contributed by atoms with Crippen molar-refractivity contribution in [2.24, 2.45) is 0 Å². The number of hydrogen-bond donors (Lipinski definition) is 1. The topological polar surface area (TPSA) is 23.6 Å². The smallest absolute Gasteiger partial charge is 0.253 e. The molecule has 1 aliphatic rings. The van der Waals surface area contributed by atoms with E-state index in [2.05, 4.69) is 17.5 Å². The Hall–Kier alpha value is -1.07. The Morgan fingerprint density at radius 1 is 1.50 bits per heavy atom. The summed E-state index contributed by atoms with van der Waals surface area (Å²) in [5.41, 5.74) is 0.501. The first-order valence-corrected chi connectivity index (χ1v) is 6.38. The summed E-state index contributed by atoms with van der Waals surface area (Å²) in [6.07, 6.45) is 0.980. The van der Waals surface area contributed by atoms with Crippen LogP contribution in [0.15, 0.2) is 23.1 Å². The van der Waals surface area contributed by atoms with Gasteiger partial charge in [-0.3, -0.25) is 4.79 Å². The number of carbonyl (C=O) groups is 1. The van der Waals surface area contributed by atoms with Crippen LogP contribution in [0.5, 0.6) is 0 Å². The van der Waals surface area contributed by atoms with E-state index < -0.39 is 5.82 Å². The summed E-state index contributed by atoms with van der Waals surface area (Å²) in [4.78, 5) is 16.4. The summed E-state index contributed by atoms with van der Waals surface area (Å²) in [5, 5.41) is 0. The average molecular weight is 268 g/mol. The fraction of sp³-hybridized carbons (Fsp3) is 0.462. The highest BCUT2D eigenvalue weighted by Gasteiger charge is 2.28. The van der Waals surface area contributed by atoms with Gasteiger partial charge in [0.05, 0.1) is 0 Å². The van der Waals surface area contributed by atoms with Crippen LogP contribution in [-0.4, -0.2) is 48.9 Å². The van der Waals surface area contributed by atoms with Gasteiger partial charge in [-0.25, -0.2) is 4.39 Å². The maximum Gasteiger partial charge on any atom is 0.253 e. The maximum absolute atomic E-state index is 13.1. The summed E-state index contributed by atoms with van der Waals surface area (Å²) >= 11 is 4.00. The van der Waals surface area contributed by atoms with Gasteiger partial charge in [0, 0.05) is 29.6 Å². The normalized spacial score (nSPS) is 19.6. The van der Waals surface area contributed by atoms with Crippen LogP contribution in [0.4, 0.5) is 4.39 Å². The molecule has 0 bridgehead atoms. The first kappa shape index (κ1) is 13.4. The monoisotopic (exact) mass is 268 g/mol. The van der Waals surface area contributed by atoms with Gasteiger partial charge in [-0.1, -0.05) is 0 Å². The van der Waals surface area contributed by atoms with Gasteiger partial charge >= 0.3 is 0 Å². The molecule has 98 valence electrons. The van der Waals surface area contributed by atoms with Gasteiger partial charge in [0.15, 0.2) is 0 Å². The summed E-state index contributed by atoms with van der Waals surface area (Å²) in [6.45, 7) is 1.48. The zero-order valence-electron chi connectivity index (χ0n) is 10.6. The predicted molar refractivity (Wildman–Crippen MR) is 71.6 cm³/mol. The van der Waals surface area contributed by atoms with Crippen molar-refractivity contribution in [2.75, 3.05) is 27.2 Å². The molecule has 0 saturated carbocycles. The van der Waals surface area contributed by atoms with Crippen LogP contribution in [0.3, 0.4) is 0 Å². The van der Waals surface area contributed by atoms with E-state index in [1.165, 1.54) is 18.2 Å². The van der Waals surface area contributed by atoms with Crippen molar-refractivity contribution in [1.29, 1.82) is 0 Å². The summed E-state index contributed by atoms with van der Waals surface area (Å²) < 4.78 is 13.1. The molecule has 1 unspecified atom stereocenters. The minimum absolute atomic E-state index is 0.0466. The molecule has 1 amide bonds. The number of nitrogens with zero attached hydrogens (tertiary/aromatic N) is 2. The predicted octanol–water partition coefficient (Wildman–Crippen LogP) is 1.89. The molecule has 0 aromatic heterocycles. The second kappa shape index (κ2) is 5.28. The van der Waals surface area contributed by atoms with Gasteiger partial charge < -0.3 is 9.80 Å². The number of thiol groups is 1. The summed E-state index contributed by atoms with van der Waals surface area (Å²) in [5.74, 6) is -0.447. The van der Waals surface area contributed by atoms with Crippen molar-refractivity contribution in [3.8, 4) is 0 Å². The number of likely N-dealkylation sites (tertiary alicyclic amines) is 1. The van der Waals surface area contributed by atoms with Crippen molar-refractivity contribution in [1.82, 2.24) is 9.80 Å². The van der Waals surface area contributed by atoms with Crippen molar-refractivity contribution in [3.05, 3.63) is 29.6 Å². The largest absolute Gasteiger partial charge is 0.337 e. The van der Waals surface area contributed by atoms with Crippen LogP contribution in [0.2, 0.25) is 0 Å². The van der Waals surface area contributed by atoms with Crippen molar-refractivity contribution >= 4 is 18.5 Å². The van der Waals surface area contributed by atoms with Crippen LogP contribution in [0.1, 0.15) is 16.8 Å². The summed E-state index contributed by atoms with van der Waals surface area (Å²) in [6, 6.07) is 4.70. The van der Waals surface area contributed by atoms with E-state index in [4.69, 9.17) is 0 Å². The molecule has 1 fully saturated rings. The fourth-order valence-corrected chi connectivity index (χ4v) is 2.39.